The van der Waals surface area contributed by atoms with E-state index in [1.54, 1.807) is 6.20 Å². The first-order valence-corrected chi connectivity index (χ1v) is 4.28. The molecule has 0 atom stereocenters. The molecule has 2 rings (SSSR count). The van der Waals surface area contributed by atoms with Gasteiger partial charge < -0.3 is 5.32 Å². The van der Waals surface area contributed by atoms with Crippen LogP contribution in [0.15, 0.2) is 12.3 Å². The van der Waals surface area contributed by atoms with Crippen molar-refractivity contribution in [3.8, 4) is 6.07 Å². The summed E-state index contributed by atoms with van der Waals surface area (Å²) in [7, 11) is 0. The van der Waals surface area contributed by atoms with E-state index in [1.807, 2.05) is 12.1 Å². The smallest absolute Gasteiger partial charge is 0.140 e. The second-order valence-electron chi connectivity index (χ2n) is 4.02. The maximum atomic E-state index is 8.67. The van der Waals surface area contributed by atoms with Gasteiger partial charge in [0, 0.05) is 5.54 Å². The molecule has 0 bridgehead atoms. The number of nitrogens with zero attached hydrogens (tertiary/aromatic N) is 2. The zero-order valence-corrected chi connectivity index (χ0v) is 7.76. The fraction of sp³-hybridized carbons (Fsp3) is 0.400. The van der Waals surface area contributed by atoms with Crippen LogP contribution in [-0.4, -0.2) is 10.5 Å². The molecule has 0 saturated carbocycles. The standard InChI is InChI=1S/C10H11N3/c1-10(2)4-7-3-8(5-11)12-6-9(7)13-10/h3,6,13H,4H2,1-2H3. The molecule has 0 saturated heterocycles. The summed E-state index contributed by atoms with van der Waals surface area (Å²) in [6.07, 6.45) is 2.70. The summed E-state index contributed by atoms with van der Waals surface area (Å²) in [6, 6.07) is 3.90. The SMILES string of the molecule is CC1(C)Cc2cc(C#N)ncc2N1. The summed E-state index contributed by atoms with van der Waals surface area (Å²) >= 11 is 0. The van der Waals surface area contributed by atoms with Gasteiger partial charge in [0.1, 0.15) is 11.8 Å². The molecular weight excluding hydrogens is 162 g/mol. The molecule has 0 amide bonds. The lowest BCUT2D eigenvalue weighted by molar-refractivity contribution is 0.594. The molecule has 0 fully saturated rings. The predicted octanol–water partition coefficient (Wildman–Crippen LogP) is 1.70. The minimum absolute atomic E-state index is 0.0953. The van der Waals surface area contributed by atoms with Crippen molar-refractivity contribution in [3.05, 3.63) is 23.5 Å². The van der Waals surface area contributed by atoms with Gasteiger partial charge in [0.25, 0.3) is 0 Å². The highest BCUT2D eigenvalue weighted by atomic mass is 15.0. The lowest BCUT2D eigenvalue weighted by Crippen LogP contribution is -2.27. The topological polar surface area (TPSA) is 48.7 Å². The normalized spacial score (nSPS) is 17.3. The Hall–Kier alpha value is -1.56. The van der Waals surface area contributed by atoms with Crippen LogP contribution in [0, 0.1) is 11.3 Å². The molecule has 0 aromatic carbocycles. The molecule has 3 nitrogen and oxygen atoms in total. The number of hydrogen-bond acceptors (Lipinski definition) is 3. The summed E-state index contributed by atoms with van der Waals surface area (Å²) in [5.74, 6) is 0. The van der Waals surface area contributed by atoms with Gasteiger partial charge >= 0.3 is 0 Å². The van der Waals surface area contributed by atoms with Gasteiger partial charge in [-0.3, -0.25) is 0 Å². The number of pyridine rings is 1. The van der Waals surface area contributed by atoms with Crippen molar-refractivity contribution in [1.29, 1.82) is 5.26 Å². The minimum atomic E-state index is 0.0953. The maximum Gasteiger partial charge on any atom is 0.140 e. The van der Waals surface area contributed by atoms with Gasteiger partial charge in [-0.15, -0.1) is 0 Å². The molecule has 0 spiro atoms. The summed E-state index contributed by atoms with van der Waals surface area (Å²) in [4.78, 5) is 4.01. The van der Waals surface area contributed by atoms with Crippen molar-refractivity contribution in [2.24, 2.45) is 0 Å². The van der Waals surface area contributed by atoms with Crippen LogP contribution in [0.25, 0.3) is 0 Å². The quantitative estimate of drug-likeness (QED) is 0.649. The fourth-order valence-corrected chi connectivity index (χ4v) is 1.70. The third-order valence-corrected chi connectivity index (χ3v) is 2.21. The van der Waals surface area contributed by atoms with Crippen LogP contribution in [0.2, 0.25) is 0 Å². The molecule has 1 aliphatic rings. The molecule has 0 aliphatic carbocycles. The van der Waals surface area contributed by atoms with Crippen molar-refractivity contribution in [1.82, 2.24) is 4.98 Å². The molecule has 1 aromatic rings. The number of fused-ring (bicyclic) bond motifs is 1. The molecule has 0 unspecified atom stereocenters. The Morgan fingerprint density at radius 2 is 2.38 bits per heavy atom. The molecule has 66 valence electrons. The highest BCUT2D eigenvalue weighted by Crippen LogP contribution is 2.31. The summed E-state index contributed by atoms with van der Waals surface area (Å²) < 4.78 is 0. The Kier molecular flexibility index (Phi) is 1.53. The van der Waals surface area contributed by atoms with Crippen LogP contribution in [0.1, 0.15) is 25.1 Å². The summed E-state index contributed by atoms with van der Waals surface area (Å²) in [5.41, 5.74) is 2.84. The lowest BCUT2D eigenvalue weighted by Gasteiger charge is -2.17. The minimum Gasteiger partial charge on any atom is -0.378 e. The number of rotatable bonds is 0. The van der Waals surface area contributed by atoms with E-state index >= 15 is 0 Å². The van der Waals surface area contributed by atoms with Crippen LogP contribution >= 0.6 is 0 Å². The zero-order valence-electron chi connectivity index (χ0n) is 7.76. The number of nitriles is 1. The van der Waals surface area contributed by atoms with E-state index in [0.29, 0.717) is 5.69 Å². The number of anilines is 1. The average Bonchev–Trinajstić information content (AvgIpc) is 2.36. The van der Waals surface area contributed by atoms with Crippen LogP contribution in [0.5, 0.6) is 0 Å². The van der Waals surface area contributed by atoms with Crippen LogP contribution < -0.4 is 5.32 Å². The van der Waals surface area contributed by atoms with E-state index in [2.05, 4.69) is 24.1 Å². The number of aromatic nitrogens is 1. The van der Waals surface area contributed by atoms with E-state index in [4.69, 9.17) is 5.26 Å². The number of hydrogen-bond donors (Lipinski definition) is 1. The van der Waals surface area contributed by atoms with Gasteiger partial charge in [-0.1, -0.05) is 0 Å². The van der Waals surface area contributed by atoms with E-state index < -0.39 is 0 Å². The second-order valence-corrected chi connectivity index (χ2v) is 4.02. The molecule has 0 radical (unpaired) electrons. The van der Waals surface area contributed by atoms with Crippen molar-refractivity contribution < 1.29 is 0 Å². The Labute approximate surface area is 77.4 Å². The molecule has 1 aromatic heterocycles. The van der Waals surface area contributed by atoms with E-state index in [9.17, 15) is 0 Å². The lowest BCUT2D eigenvalue weighted by atomic mass is 10.0. The van der Waals surface area contributed by atoms with E-state index in [0.717, 1.165) is 12.1 Å². The average molecular weight is 173 g/mol. The van der Waals surface area contributed by atoms with Gasteiger partial charge in [0.15, 0.2) is 0 Å². The first-order chi connectivity index (χ1) is 6.11. The van der Waals surface area contributed by atoms with E-state index in [-0.39, 0.29) is 5.54 Å². The molecule has 3 heteroatoms. The van der Waals surface area contributed by atoms with Gasteiger partial charge in [-0.25, -0.2) is 4.98 Å². The Bertz CT molecular complexity index is 388. The molecule has 13 heavy (non-hydrogen) atoms. The van der Waals surface area contributed by atoms with Crippen LogP contribution in [0.4, 0.5) is 5.69 Å². The van der Waals surface area contributed by atoms with Gasteiger partial charge in [-0.2, -0.15) is 5.26 Å². The Balaban J connectivity index is 2.43. The van der Waals surface area contributed by atoms with Crippen molar-refractivity contribution >= 4 is 5.69 Å². The largest absolute Gasteiger partial charge is 0.378 e. The Morgan fingerprint density at radius 3 is 3.08 bits per heavy atom. The third-order valence-electron chi connectivity index (χ3n) is 2.21. The van der Waals surface area contributed by atoms with Gasteiger partial charge in [0.05, 0.1) is 11.9 Å². The van der Waals surface area contributed by atoms with Crippen molar-refractivity contribution in [2.45, 2.75) is 25.8 Å². The number of nitrogens with one attached hydrogen (secondary N) is 1. The van der Waals surface area contributed by atoms with Crippen LogP contribution in [-0.2, 0) is 6.42 Å². The van der Waals surface area contributed by atoms with Crippen molar-refractivity contribution in [3.63, 3.8) is 0 Å². The fourth-order valence-electron chi connectivity index (χ4n) is 1.70. The first-order valence-electron chi connectivity index (χ1n) is 4.28. The molecule has 1 N–H and O–H groups in total. The summed E-state index contributed by atoms with van der Waals surface area (Å²) in [6.45, 7) is 4.28. The van der Waals surface area contributed by atoms with Crippen molar-refractivity contribution in [2.75, 3.05) is 5.32 Å². The molecule has 1 aliphatic heterocycles. The van der Waals surface area contributed by atoms with Crippen LogP contribution in [0.3, 0.4) is 0 Å². The monoisotopic (exact) mass is 173 g/mol. The molecular formula is C10H11N3. The maximum absolute atomic E-state index is 8.67. The second kappa shape index (κ2) is 2.46. The highest BCUT2D eigenvalue weighted by molar-refractivity contribution is 5.58. The third kappa shape index (κ3) is 1.35. The predicted molar refractivity (Wildman–Crippen MR) is 50.4 cm³/mol. The van der Waals surface area contributed by atoms with Gasteiger partial charge in [0.2, 0.25) is 0 Å². The molecule has 2 heterocycles. The summed E-state index contributed by atoms with van der Waals surface area (Å²) in [5, 5.41) is 12.0. The van der Waals surface area contributed by atoms with Gasteiger partial charge in [-0.05, 0) is 31.9 Å². The Morgan fingerprint density at radius 1 is 1.62 bits per heavy atom. The highest BCUT2D eigenvalue weighted by Gasteiger charge is 2.27. The zero-order chi connectivity index (χ0) is 9.47. The van der Waals surface area contributed by atoms with E-state index in [1.165, 1.54) is 5.56 Å². The first kappa shape index (κ1) is 8.06.